The minimum absolute atomic E-state index is 0.554. The van der Waals surface area contributed by atoms with E-state index < -0.39 is 0 Å². The average molecular weight is 236 g/mol. The minimum Gasteiger partial charge on any atom is -0.310 e. The fourth-order valence-corrected chi connectivity index (χ4v) is 1.97. The molecule has 0 fully saturated rings. The fraction of sp³-hybridized carbons (Fsp3) is 0.692. The van der Waals surface area contributed by atoms with Crippen molar-refractivity contribution < 1.29 is 0 Å². The number of rotatable bonds is 6. The second-order valence-corrected chi connectivity index (χ2v) is 5.00. The predicted molar refractivity (Wildman–Crippen MR) is 70.8 cm³/mol. The summed E-state index contributed by atoms with van der Waals surface area (Å²) in [6.07, 6.45) is 1.81. The molecule has 0 aliphatic rings. The maximum absolute atomic E-state index is 4.37. The summed E-state index contributed by atoms with van der Waals surface area (Å²) in [7, 11) is 4.25. The first kappa shape index (κ1) is 14.1. The Morgan fingerprint density at radius 3 is 2.59 bits per heavy atom. The molecular formula is C13H24N4. The molecule has 0 aliphatic carbocycles. The van der Waals surface area contributed by atoms with E-state index >= 15 is 0 Å². The maximum atomic E-state index is 4.37. The molecule has 0 radical (unpaired) electrons. The maximum Gasteiger partial charge on any atom is 0.125 e. The molecule has 0 aromatic carbocycles. The van der Waals surface area contributed by atoms with Crippen LogP contribution >= 0.6 is 0 Å². The number of nitrogens with zero attached hydrogens (tertiary/aromatic N) is 3. The first-order valence-corrected chi connectivity index (χ1v) is 6.16. The molecule has 0 bridgehead atoms. The van der Waals surface area contributed by atoms with Gasteiger partial charge in [-0.15, -0.1) is 0 Å². The van der Waals surface area contributed by atoms with Gasteiger partial charge in [-0.3, -0.25) is 0 Å². The molecule has 1 unspecified atom stereocenters. The van der Waals surface area contributed by atoms with Gasteiger partial charge < -0.3 is 10.2 Å². The second-order valence-electron chi connectivity index (χ2n) is 5.00. The lowest BCUT2D eigenvalue weighted by molar-refractivity contribution is 0.224. The molecule has 0 amide bonds. The minimum atomic E-state index is 0.554. The van der Waals surface area contributed by atoms with E-state index in [-0.39, 0.29) is 0 Å². The van der Waals surface area contributed by atoms with Gasteiger partial charge in [0.25, 0.3) is 0 Å². The van der Waals surface area contributed by atoms with E-state index in [1.54, 1.807) is 0 Å². The molecule has 4 nitrogen and oxygen atoms in total. The Morgan fingerprint density at radius 1 is 1.35 bits per heavy atom. The molecule has 1 atom stereocenters. The number of hydrogen-bond acceptors (Lipinski definition) is 4. The Bertz CT molecular complexity index is 328. The van der Waals surface area contributed by atoms with Gasteiger partial charge in [-0.05, 0) is 33.0 Å². The molecule has 1 aromatic rings. The highest BCUT2D eigenvalue weighted by Gasteiger charge is 2.14. The lowest BCUT2D eigenvalue weighted by Gasteiger charge is -2.28. The van der Waals surface area contributed by atoms with E-state index in [9.17, 15) is 0 Å². The average Bonchev–Trinajstić information content (AvgIpc) is 2.23. The molecule has 0 aliphatic heterocycles. The van der Waals surface area contributed by atoms with Crippen molar-refractivity contribution in [1.82, 2.24) is 20.2 Å². The lowest BCUT2D eigenvalue weighted by Crippen LogP contribution is -2.41. The van der Waals surface area contributed by atoms with Crippen molar-refractivity contribution in [3.8, 4) is 0 Å². The molecule has 17 heavy (non-hydrogen) atoms. The van der Waals surface area contributed by atoms with Crippen LogP contribution in [0.3, 0.4) is 0 Å². The molecule has 1 aromatic heterocycles. The first-order chi connectivity index (χ1) is 8.00. The number of nitrogens with one attached hydrogen (secondary N) is 1. The summed E-state index contributed by atoms with van der Waals surface area (Å²) in [6, 6.07) is 2.51. The second kappa shape index (κ2) is 6.67. The fourth-order valence-electron chi connectivity index (χ4n) is 1.97. The first-order valence-electron chi connectivity index (χ1n) is 6.16. The molecule has 0 saturated heterocycles. The molecule has 96 valence electrons. The van der Waals surface area contributed by atoms with Crippen molar-refractivity contribution in [2.75, 3.05) is 20.6 Å². The van der Waals surface area contributed by atoms with Crippen molar-refractivity contribution in [3.63, 3.8) is 0 Å². The standard InChI is InChI=1S/C13H24N4/c1-10(2)13(17(4)5)9-14-8-12-6-7-15-11(3)16-12/h6-7,10,13-14H,8-9H2,1-5H3. The summed E-state index contributed by atoms with van der Waals surface area (Å²) in [5.41, 5.74) is 1.05. The molecule has 0 spiro atoms. The van der Waals surface area contributed by atoms with Crippen LogP contribution in [0, 0.1) is 12.8 Å². The third-order valence-electron chi connectivity index (χ3n) is 2.93. The third-order valence-corrected chi connectivity index (χ3v) is 2.93. The highest BCUT2D eigenvalue weighted by molar-refractivity contribution is 5.01. The van der Waals surface area contributed by atoms with E-state index in [0.717, 1.165) is 24.6 Å². The van der Waals surface area contributed by atoms with Gasteiger partial charge in [0.2, 0.25) is 0 Å². The summed E-state index contributed by atoms with van der Waals surface area (Å²) in [6.45, 7) is 8.21. The molecule has 4 heteroatoms. The molecule has 0 saturated carbocycles. The Kier molecular flexibility index (Phi) is 5.51. The zero-order chi connectivity index (χ0) is 12.8. The topological polar surface area (TPSA) is 41.1 Å². The van der Waals surface area contributed by atoms with E-state index in [1.165, 1.54) is 0 Å². The number of hydrogen-bond donors (Lipinski definition) is 1. The highest BCUT2D eigenvalue weighted by atomic mass is 15.1. The highest BCUT2D eigenvalue weighted by Crippen LogP contribution is 2.06. The molecule has 1 N–H and O–H groups in total. The van der Waals surface area contributed by atoms with Crippen LogP contribution in [0.4, 0.5) is 0 Å². The summed E-state index contributed by atoms with van der Waals surface area (Å²) in [4.78, 5) is 10.7. The Labute approximate surface area is 104 Å². The van der Waals surface area contributed by atoms with Crippen LogP contribution in [0.15, 0.2) is 12.3 Å². The van der Waals surface area contributed by atoms with Gasteiger partial charge in [0, 0.05) is 25.3 Å². The Morgan fingerprint density at radius 2 is 2.06 bits per heavy atom. The summed E-state index contributed by atoms with van der Waals surface area (Å²) >= 11 is 0. The number of likely N-dealkylation sites (N-methyl/N-ethyl adjacent to an activating group) is 1. The normalized spacial score (nSPS) is 13.4. The Hall–Kier alpha value is -1.00. The Balaban J connectivity index is 2.41. The molecule has 1 heterocycles. The van der Waals surface area contributed by atoms with Crippen LogP contribution in [0.2, 0.25) is 0 Å². The van der Waals surface area contributed by atoms with Gasteiger partial charge in [0.05, 0.1) is 5.69 Å². The smallest absolute Gasteiger partial charge is 0.125 e. The van der Waals surface area contributed by atoms with E-state index in [4.69, 9.17) is 0 Å². The van der Waals surface area contributed by atoms with Gasteiger partial charge >= 0.3 is 0 Å². The SMILES string of the molecule is Cc1nccc(CNCC(C(C)C)N(C)C)n1. The van der Waals surface area contributed by atoms with Gasteiger partial charge in [-0.1, -0.05) is 13.8 Å². The van der Waals surface area contributed by atoms with Crippen LogP contribution in [0.1, 0.15) is 25.4 Å². The van der Waals surface area contributed by atoms with E-state index in [2.05, 4.69) is 48.1 Å². The predicted octanol–water partition coefficient (Wildman–Crippen LogP) is 1.46. The number of aromatic nitrogens is 2. The quantitative estimate of drug-likeness (QED) is 0.812. The third kappa shape index (κ3) is 4.79. The van der Waals surface area contributed by atoms with Gasteiger partial charge in [-0.25, -0.2) is 9.97 Å². The van der Waals surface area contributed by atoms with E-state index in [1.807, 2.05) is 19.2 Å². The van der Waals surface area contributed by atoms with Crippen LogP contribution < -0.4 is 5.32 Å². The van der Waals surface area contributed by atoms with Crippen molar-refractivity contribution in [2.45, 2.75) is 33.4 Å². The van der Waals surface area contributed by atoms with Crippen LogP contribution in [-0.4, -0.2) is 41.5 Å². The van der Waals surface area contributed by atoms with Crippen molar-refractivity contribution >= 4 is 0 Å². The monoisotopic (exact) mass is 236 g/mol. The zero-order valence-corrected chi connectivity index (χ0v) is 11.6. The van der Waals surface area contributed by atoms with Crippen molar-refractivity contribution in [3.05, 3.63) is 23.8 Å². The number of aryl methyl sites for hydroxylation is 1. The largest absolute Gasteiger partial charge is 0.310 e. The van der Waals surface area contributed by atoms with Crippen LogP contribution in [0.5, 0.6) is 0 Å². The summed E-state index contributed by atoms with van der Waals surface area (Å²) in [5.74, 6) is 1.47. The van der Waals surface area contributed by atoms with Gasteiger partial charge in [-0.2, -0.15) is 0 Å². The molecular weight excluding hydrogens is 212 g/mol. The lowest BCUT2D eigenvalue weighted by atomic mass is 10.0. The van der Waals surface area contributed by atoms with Crippen LogP contribution in [0.25, 0.3) is 0 Å². The molecule has 1 rings (SSSR count). The van der Waals surface area contributed by atoms with Gasteiger partial charge in [0.15, 0.2) is 0 Å². The zero-order valence-electron chi connectivity index (χ0n) is 11.6. The van der Waals surface area contributed by atoms with Crippen molar-refractivity contribution in [1.29, 1.82) is 0 Å². The van der Waals surface area contributed by atoms with E-state index in [0.29, 0.717) is 12.0 Å². The summed E-state index contributed by atoms with van der Waals surface area (Å²) < 4.78 is 0. The van der Waals surface area contributed by atoms with Crippen LogP contribution in [-0.2, 0) is 6.54 Å². The van der Waals surface area contributed by atoms with Crippen molar-refractivity contribution in [2.24, 2.45) is 5.92 Å². The summed E-state index contributed by atoms with van der Waals surface area (Å²) in [5, 5.41) is 3.46. The van der Waals surface area contributed by atoms with Gasteiger partial charge in [0.1, 0.15) is 5.82 Å².